The number of nitrogens with zero attached hydrogens (tertiary/aromatic N) is 2. The summed E-state index contributed by atoms with van der Waals surface area (Å²) >= 11 is 1.74. The first-order valence-electron chi connectivity index (χ1n) is 7.04. The van der Waals surface area contributed by atoms with Crippen LogP contribution in [-0.2, 0) is 0 Å². The molecule has 1 heterocycles. The minimum absolute atomic E-state index is 0.377. The van der Waals surface area contributed by atoms with E-state index < -0.39 is 0 Å². The molecule has 1 aromatic heterocycles. The van der Waals surface area contributed by atoms with Crippen molar-refractivity contribution in [1.82, 2.24) is 15.5 Å². The van der Waals surface area contributed by atoms with Crippen LogP contribution in [0.5, 0.6) is 0 Å². The van der Waals surface area contributed by atoms with Gasteiger partial charge in [0.15, 0.2) is 0 Å². The molecule has 3 unspecified atom stereocenters. The minimum atomic E-state index is 0.377. The van der Waals surface area contributed by atoms with Crippen LogP contribution in [0.1, 0.15) is 45.9 Å². The Hall–Kier alpha value is -0.550. The van der Waals surface area contributed by atoms with Crippen LogP contribution in [0, 0.1) is 18.3 Å². The maximum Gasteiger partial charge on any atom is 0.276 e. The molecule has 0 bridgehead atoms. The summed E-state index contributed by atoms with van der Waals surface area (Å²) in [4.78, 5) is 0. The Morgan fingerprint density at radius 3 is 2.53 bits per heavy atom. The first-order chi connectivity index (χ1) is 8.90. The average molecular weight is 283 g/mol. The Labute approximate surface area is 120 Å². The lowest BCUT2D eigenvalue weighted by molar-refractivity contribution is 0.166. The summed E-state index contributed by atoms with van der Waals surface area (Å²) in [5.74, 6) is 1.41. The highest BCUT2D eigenvalue weighted by molar-refractivity contribution is 7.99. The SMILES string of the molecule is CNC1CCC(C(C)(C)C)CC1Sc1nnc(C)o1. The number of thioether (sulfide) groups is 1. The lowest BCUT2D eigenvalue weighted by Gasteiger charge is -2.41. The van der Waals surface area contributed by atoms with Crippen LogP contribution in [0.2, 0.25) is 0 Å². The third-order valence-electron chi connectivity index (χ3n) is 4.15. The zero-order valence-electron chi connectivity index (χ0n) is 12.6. The van der Waals surface area contributed by atoms with E-state index in [0.29, 0.717) is 27.8 Å². The molecule has 0 spiro atoms. The van der Waals surface area contributed by atoms with Crippen molar-refractivity contribution < 1.29 is 4.42 Å². The van der Waals surface area contributed by atoms with Crippen LogP contribution in [0.15, 0.2) is 9.64 Å². The lowest BCUT2D eigenvalue weighted by atomic mass is 9.71. The largest absolute Gasteiger partial charge is 0.416 e. The van der Waals surface area contributed by atoms with Crippen molar-refractivity contribution in [2.24, 2.45) is 11.3 Å². The van der Waals surface area contributed by atoms with E-state index in [4.69, 9.17) is 4.42 Å². The van der Waals surface area contributed by atoms with Crippen LogP contribution in [0.25, 0.3) is 0 Å². The lowest BCUT2D eigenvalue weighted by Crippen LogP contribution is -2.43. The second kappa shape index (κ2) is 5.83. The molecule has 0 aromatic carbocycles. The molecule has 0 saturated heterocycles. The van der Waals surface area contributed by atoms with Crippen LogP contribution in [0.3, 0.4) is 0 Å². The molecule has 1 aromatic rings. The minimum Gasteiger partial charge on any atom is -0.416 e. The molecule has 1 saturated carbocycles. The molecule has 19 heavy (non-hydrogen) atoms. The van der Waals surface area contributed by atoms with Crippen molar-refractivity contribution in [1.29, 1.82) is 0 Å². The van der Waals surface area contributed by atoms with Crippen LogP contribution < -0.4 is 5.32 Å². The number of nitrogens with one attached hydrogen (secondary N) is 1. The Kier molecular flexibility index (Phi) is 4.56. The molecule has 3 atom stereocenters. The fraction of sp³-hybridized carbons (Fsp3) is 0.857. The Morgan fingerprint density at radius 2 is 2.00 bits per heavy atom. The first kappa shape index (κ1) is 14.9. The number of rotatable bonds is 3. The molecule has 1 aliphatic carbocycles. The molecular weight excluding hydrogens is 258 g/mol. The Morgan fingerprint density at radius 1 is 1.26 bits per heavy atom. The van der Waals surface area contributed by atoms with E-state index >= 15 is 0 Å². The van der Waals surface area contributed by atoms with Crippen molar-refractivity contribution in [2.45, 2.75) is 63.5 Å². The van der Waals surface area contributed by atoms with Gasteiger partial charge in [0.05, 0.1) is 0 Å². The third kappa shape index (κ3) is 3.72. The zero-order chi connectivity index (χ0) is 14.0. The average Bonchev–Trinajstić information content (AvgIpc) is 2.73. The monoisotopic (exact) mass is 283 g/mol. The number of aromatic nitrogens is 2. The van der Waals surface area contributed by atoms with Gasteiger partial charge in [-0.2, -0.15) is 0 Å². The molecular formula is C14H25N3OS. The fourth-order valence-corrected chi connectivity index (χ4v) is 4.11. The van der Waals surface area contributed by atoms with Gasteiger partial charge in [-0.15, -0.1) is 10.2 Å². The van der Waals surface area contributed by atoms with Gasteiger partial charge in [-0.1, -0.05) is 32.5 Å². The predicted octanol–water partition coefficient (Wildman–Crippen LogP) is 3.27. The quantitative estimate of drug-likeness (QED) is 0.922. The van der Waals surface area contributed by atoms with E-state index in [-0.39, 0.29) is 0 Å². The summed E-state index contributed by atoms with van der Waals surface area (Å²) in [7, 11) is 2.05. The topological polar surface area (TPSA) is 51.0 Å². The Bertz CT molecular complexity index is 413. The van der Waals surface area contributed by atoms with Gasteiger partial charge in [0.1, 0.15) is 0 Å². The summed E-state index contributed by atoms with van der Waals surface area (Å²) in [5, 5.41) is 12.7. The summed E-state index contributed by atoms with van der Waals surface area (Å²) in [6.45, 7) is 8.87. The van der Waals surface area contributed by atoms with Crippen molar-refractivity contribution in [3.8, 4) is 0 Å². The summed E-state index contributed by atoms with van der Waals surface area (Å²) < 4.78 is 5.51. The molecule has 1 N–H and O–H groups in total. The Balaban J connectivity index is 2.05. The van der Waals surface area contributed by atoms with E-state index in [1.807, 2.05) is 6.92 Å². The molecule has 1 aliphatic rings. The van der Waals surface area contributed by atoms with Crippen LogP contribution in [0.4, 0.5) is 0 Å². The molecule has 0 amide bonds. The van der Waals surface area contributed by atoms with Gasteiger partial charge in [0.2, 0.25) is 5.89 Å². The second-order valence-electron chi connectivity index (χ2n) is 6.51. The molecule has 0 radical (unpaired) electrons. The molecule has 2 rings (SSSR count). The van der Waals surface area contributed by atoms with Gasteiger partial charge in [0.25, 0.3) is 5.22 Å². The third-order valence-corrected chi connectivity index (χ3v) is 5.34. The van der Waals surface area contributed by atoms with Crippen molar-refractivity contribution >= 4 is 11.8 Å². The van der Waals surface area contributed by atoms with Crippen molar-refractivity contribution in [3.05, 3.63) is 5.89 Å². The van der Waals surface area contributed by atoms with E-state index in [2.05, 4.69) is 43.3 Å². The van der Waals surface area contributed by atoms with E-state index in [1.54, 1.807) is 11.8 Å². The highest BCUT2D eigenvalue weighted by Gasteiger charge is 2.36. The normalized spacial score (nSPS) is 28.6. The zero-order valence-corrected chi connectivity index (χ0v) is 13.4. The number of hydrogen-bond acceptors (Lipinski definition) is 5. The van der Waals surface area contributed by atoms with E-state index in [1.165, 1.54) is 19.3 Å². The van der Waals surface area contributed by atoms with Crippen molar-refractivity contribution in [2.75, 3.05) is 7.05 Å². The van der Waals surface area contributed by atoms with Gasteiger partial charge in [0, 0.05) is 18.2 Å². The highest BCUT2D eigenvalue weighted by atomic mass is 32.2. The molecule has 108 valence electrons. The van der Waals surface area contributed by atoms with Gasteiger partial charge >= 0.3 is 0 Å². The molecule has 1 fully saturated rings. The molecule has 0 aliphatic heterocycles. The van der Waals surface area contributed by atoms with Gasteiger partial charge in [-0.3, -0.25) is 0 Å². The fourth-order valence-electron chi connectivity index (χ4n) is 2.83. The summed E-state index contributed by atoms with van der Waals surface area (Å²) in [6, 6.07) is 0.538. The number of aryl methyl sites for hydroxylation is 1. The smallest absolute Gasteiger partial charge is 0.276 e. The summed E-state index contributed by atoms with van der Waals surface area (Å²) in [5.41, 5.74) is 0.377. The maximum absolute atomic E-state index is 5.51. The van der Waals surface area contributed by atoms with E-state index in [9.17, 15) is 0 Å². The van der Waals surface area contributed by atoms with Crippen LogP contribution >= 0.6 is 11.8 Å². The van der Waals surface area contributed by atoms with Gasteiger partial charge < -0.3 is 9.73 Å². The summed E-state index contributed by atoms with van der Waals surface area (Å²) in [6.07, 6.45) is 3.74. The molecule has 5 heteroatoms. The number of hydrogen-bond donors (Lipinski definition) is 1. The predicted molar refractivity (Wildman–Crippen MR) is 78.3 cm³/mol. The maximum atomic E-state index is 5.51. The van der Waals surface area contributed by atoms with Crippen LogP contribution in [-0.4, -0.2) is 28.5 Å². The standard InChI is InChI=1S/C14H25N3OS/c1-9-16-17-13(18-9)19-12-8-10(14(2,3)4)6-7-11(12)15-5/h10-12,15H,6-8H2,1-5H3. The van der Waals surface area contributed by atoms with E-state index in [0.717, 1.165) is 5.92 Å². The second-order valence-corrected chi connectivity index (χ2v) is 7.70. The van der Waals surface area contributed by atoms with Gasteiger partial charge in [-0.05, 0) is 37.6 Å². The van der Waals surface area contributed by atoms with Gasteiger partial charge in [-0.25, -0.2) is 0 Å². The molecule has 4 nitrogen and oxygen atoms in total. The highest BCUT2D eigenvalue weighted by Crippen LogP contribution is 2.43. The first-order valence-corrected chi connectivity index (χ1v) is 7.92. The van der Waals surface area contributed by atoms with Crippen molar-refractivity contribution in [3.63, 3.8) is 0 Å².